The predicted octanol–water partition coefficient (Wildman–Crippen LogP) is 0.772. The van der Waals surface area contributed by atoms with Gasteiger partial charge in [-0.15, -0.1) is 0 Å². The van der Waals surface area contributed by atoms with Crippen LogP contribution in [0.3, 0.4) is 0 Å². The summed E-state index contributed by atoms with van der Waals surface area (Å²) >= 11 is 0. The van der Waals surface area contributed by atoms with E-state index in [0.717, 1.165) is 38.9 Å². The number of carbonyl (C=O) groups excluding carboxylic acids is 1. The highest BCUT2D eigenvalue weighted by atomic mass is 16.3. The summed E-state index contributed by atoms with van der Waals surface area (Å²) in [5.74, 6) is 0.769. The molecule has 0 spiro atoms. The Labute approximate surface area is 146 Å². The number of amides is 1. The summed E-state index contributed by atoms with van der Waals surface area (Å²) < 4.78 is 0. The van der Waals surface area contributed by atoms with Gasteiger partial charge in [0.05, 0.1) is 18.7 Å². The third-order valence-corrected chi connectivity index (χ3v) is 5.39. The second kappa shape index (κ2) is 8.80. The fourth-order valence-corrected chi connectivity index (χ4v) is 3.93. The second-order valence-corrected chi connectivity index (χ2v) is 7.69. The number of hydrogen-bond acceptors (Lipinski definition) is 5. The van der Waals surface area contributed by atoms with Crippen molar-refractivity contribution in [2.75, 3.05) is 46.3 Å². The molecule has 1 aliphatic carbocycles. The van der Waals surface area contributed by atoms with Gasteiger partial charge < -0.3 is 10.0 Å². The smallest absolute Gasteiger partial charge is 0.236 e. The van der Waals surface area contributed by atoms with E-state index in [1.807, 2.05) is 16.8 Å². The fraction of sp³-hybridized carbons (Fsp3) is 0.889. The van der Waals surface area contributed by atoms with Crippen molar-refractivity contribution in [2.24, 2.45) is 11.8 Å². The Bertz CT molecular complexity index is 454. The van der Waals surface area contributed by atoms with Crippen molar-refractivity contribution in [3.63, 3.8) is 0 Å². The topological polar surface area (TPSA) is 70.8 Å². The van der Waals surface area contributed by atoms with Crippen molar-refractivity contribution in [3.8, 4) is 6.07 Å². The molecule has 0 radical (unpaired) electrons. The van der Waals surface area contributed by atoms with E-state index in [4.69, 9.17) is 0 Å². The molecule has 6 nitrogen and oxygen atoms in total. The zero-order valence-corrected chi connectivity index (χ0v) is 15.3. The number of aliphatic hydroxyl groups excluding tert-OH is 1. The van der Waals surface area contributed by atoms with Gasteiger partial charge in [0, 0.05) is 32.7 Å². The van der Waals surface area contributed by atoms with Crippen molar-refractivity contribution >= 4 is 5.91 Å². The molecule has 1 saturated carbocycles. The minimum atomic E-state index is -0.204. The Hall–Kier alpha value is -1.16. The van der Waals surface area contributed by atoms with E-state index < -0.39 is 0 Å². The van der Waals surface area contributed by atoms with Gasteiger partial charge in [-0.1, -0.05) is 20.3 Å². The van der Waals surface area contributed by atoms with E-state index in [1.54, 1.807) is 0 Å². The lowest BCUT2D eigenvalue weighted by atomic mass is 10.0. The van der Waals surface area contributed by atoms with E-state index in [2.05, 4.69) is 24.8 Å². The molecule has 6 heteroatoms. The largest absolute Gasteiger partial charge is 0.393 e. The van der Waals surface area contributed by atoms with Gasteiger partial charge in [0.2, 0.25) is 5.91 Å². The minimum absolute atomic E-state index is 0.0613. The fourth-order valence-electron chi connectivity index (χ4n) is 3.93. The Morgan fingerprint density at radius 2 is 1.96 bits per heavy atom. The van der Waals surface area contributed by atoms with Crippen molar-refractivity contribution in [1.29, 1.82) is 5.26 Å². The normalized spacial score (nSPS) is 26.8. The lowest BCUT2D eigenvalue weighted by Crippen LogP contribution is -2.54. The molecule has 1 heterocycles. The summed E-state index contributed by atoms with van der Waals surface area (Å²) in [6.07, 6.45) is 2.84. The highest BCUT2D eigenvalue weighted by molar-refractivity contribution is 5.78. The van der Waals surface area contributed by atoms with Crippen molar-refractivity contribution in [1.82, 2.24) is 14.7 Å². The number of hydrogen-bond donors (Lipinski definition) is 1. The minimum Gasteiger partial charge on any atom is -0.393 e. The van der Waals surface area contributed by atoms with Gasteiger partial charge in [0.15, 0.2) is 0 Å². The Morgan fingerprint density at radius 3 is 2.46 bits per heavy atom. The third-order valence-electron chi connectivity index (χ3n) is 5.39. The molecule has 0 aromatic heterocycles. The molecule has 3 atom stereocenters. The summed E-state index contributed by atoms with van der Waals surface area (Å²) in [7, 11) is 1.96. The molecular weight excluding hydrogens is 304 g/mol. The molecule has 2 rings (SSSR count). The molecule has 0 aromatic carbocycles. The number of carbonyl (C=O) groups is 1. The average Bonchev–Trinajstić information content (AvgIpc) is 2.93. The summed E-state index contributed by atoms with van der Waals surface area (Å²) in [6.45, 7) is 8.27. The van der Waals surface area contributed by atoms with Crippen LogP contribution in [0.1, 0.15) is 33.1 Å². The van der Waals surface area contributed by atoms with Crippen LogP contribution in [0.4, 0.5) is 0 Å². The van der Waals surface area contributed by atoms with E-state index in [-0.39, 0.29) is 18.1 Å². The maximum atomic E-state index is 12.5. The van der Waals surface area contributed by atoms with Gasteiger partial charge >= 0.3 is 0 Å². The molecule has 0 bridgehead atoms. The van der Waals surface area contributed by atoms with Crippen molar-refractivity contribution in [3.05, 3.63) is 0 Å². The molecule has 2 fully saturated rings. The molecular formula is C18H32N4O2. The van der Waals surface area contributed by atoms with Crippen LogP contribution in [0.15, 0.2) is 0 Å². The second-order valence-electron chi connectivity index (χ2n) is 7.69. The van der Waals surface area contributed by atoms with Gasteiger partial charge in [-0.25, -0.2) is 0 Å². The molecule has 1 aliphatic heterocycles. The summed E-state index contributed by atoms with van der Waals surface area (Å²) in [5.41, 5.74) is 0. The Balaban J connectivity index is 1.75. The Morgan fingerprint density at radius 1 is 1.29 bits per heavy atom. The first-order valence-corrected chi connectivity index (χ1v) is 9.20. The third kappa shape index (κ3) is 4.92. The van der Waals surface area contributed by atoms with E-state index in [9.17, 15) is 15.2 Å². The van der Waals surface area contributed by atoms with Gasteiger partial charge in [0.1, 0.15) is 6.04 Å². The van der Waals surface area contributed by atoms with Crippen LogP contribution >= 0.6 is 0 Å². The van der Waals surface area contributed by atoms with Crippen LogP contribution < -0.4 is 0 Å². The van der Waals surface area contributed by atoms with E-state index in [1.165, 1.54) is 0 Å². The monoisotopic (exact) mass is 336 g/mol. The lowest BCUT2D eigenvalue weighted by molar-refractivity contribution is -0.134. The van der Waals surface area contributed by atoms with Crippen LogP contribution in [0.5, 0.6) is 0 Å². The van der Waals surface area contributed by atoms with Crippen molar-refractivity contribution in [2.45, 2.75) is 45.3 Å². The molecule has 24 heavy (non-hydrogen) atoms. The molecule has 0 unspecified atom stereocenters. The highest BCUT2D eigenvalue weighted by Crippen LogP contribution is 2.26. The standard InChI is InChI=1S/C18H32N4O2/c1-14(2)16(11-19)21-7-9-22(10-8-21)18(24)13-20(3)12-15-5-4-6-17(15)23/h14-17,23H,4-10,12-13H2,1-3H3/t15-,16-,17+/m0/s1. The van der Waals surface area contributed by atoms with E-state index in [0.29, 0.717) is 31.5 Å². The molecule has 1 saturated heterocycles. The first-order valence-electron chi connectivity index (χ1n) is 9.20. The molecule has 0 aromatic rings. The van der Waals surface area contributed by atoms with Gasteiger partial charge in [-0.3, -0.25) is 14.6 Å². The zero-order chi connectivity index (χ0) is 17.7. The summed E-state index contributed by atoms with van der Waals surface area (Å²) in [5, 5.41) is 19.2. The van der Waals surface area contributed by atoms with Crippen LogP contribution in [-0.2, 0) is 4.79 Å². The number of aliphatic hydroxyl groups is 1. The number of likely N-dealkylation sites (N-methyl/N-ethyl adjacent to an activating group) is 1. The quantitative estimate of drug-likeness (QED) is 0.776. The first-order chi connectivity index (χ1) is 11.4. The Kier molecular flexibility index (Phi) is 7.02. The van der Waals surface area contributed by atoms with Crippen LogP contribution in [-0.4, -0.2) is 84.2 Å². The predicted molar refractivity (Wildman–Crippen MR) is 93.2 cm³/mol. The van der Waals surface area contributed by atoms with E-state index >= 15 is 0 Å². The lowest BCUT2D eigenvalue weighted by Gasteiger charge is -2.38. The summed E-state index contributed by atoms with van der Waals surface area (Å²) in [6, 6.07) is 2.32. The maximum Gasteiger partial charge on any atom is 0.236 e. The summed E-state index contributed by atoms with van der Waals surface area (Å²) in [4.78, 5) is 18.6. The highest BCUT2D eigenvalue weighted by Gasteiger charge is 2.29. The maximum absolute atomic E-state index is 12.5. The molecule has 136 valence electrons. The SMILES string of the molecule is CC(C)[C@H](C#N)N1CCN(C(=O)CN(C)C[C@@H]2CCC[C@H]2O)CC1. The van der Waals surface area contributed by atoms with Gasteiger partial charge in [-0.05, 0) is 31.7 Å². The number of piperazine rings is 1. The average molecular weight is 336 g/mol. The molecule has 1 N–H and O–H groups in total. The number of rotatable bonds is 6. The van der Waals surface area contributed by atoms with Gasteiger partial charge in [-0.2, -0.15) is 5.26 Å². The first kappa shape index (κ1) is 19.2. The zero-order valence-electron chi connectivity index (χ0n) is 15.3. The van der Waals surface area contributed by atoms with Crippen molar-refractivity contribution < 1.29 is 9.90 Å². The number of nitriles is 1. The van der Waals surface area contributed by atoms with Gasteiger partial charge in [0.25, 0.3) is 0 Å². The number of nitrogens with zero attached hydrogens (tertiary/aromatic N) is 4. The van der Waals surface area contributed by atoms with Crippen LogP contribution in [0.2, 0.25) is 0 Å². The molecule has 1 amide bonds. The van der Waals surface area contributed by atoms with Crippen LogP contribution in [0, 0.1) is 23.2 Å². The van der Waals surface area contributed by atoms with Crippen LogP contribution in [0.25, 0.3) is 0 Å². The molecule has 2 aliphatic rings.